The molecule has 8 nitrogen and oxygen atoms in total. The van der Waals surface area contributed by atoms with Crippen LogP contribution < -0.4 is 10.2 Å². The lowest BCUT2D eigenvalue weighted by molar-refractivity contribution is -0.133. The highest BCUT2D eigenvalue weighted by Crippen LogP contribution is 2.32. The fourth-order valence-electron chi connectivity index (χ4n) is 4.32. The molecule has 0 radical (unpaired) electrons. The highest BCUT2D eigenvalue weighted by molar-refractivity contribution is 6.13. The van der Waals surface area contributed by atoms with Gasteiger partial charge in [-0.05, 0) is 50.5 Å². The van der Waals surface area contributed by atoms with Crippen molar-refractivity contribution in [3.63, 3.8) is 0 Å². The molecule has 0 aromatic heterocycles. The zero-order valence-corrected chi connectivity index (χ0v) is 18.4. The predicted octanol–water partition coefficient (Wildman–Crippen LogP) is 2.10. The van der Waals surface area contributed by atoms with Crippen molar-refractivity contribution >= 4 is 29.2 Å². The average molecular weight is 437 g/mol. The van der Waals surface area contributed by atoms with Gasteiger partial charge in [0.25, 0.3) is 11.8 Å². The van der Waals surface area contributed by atoms with E-state index < -0.39 is 5.54 Å². The van der Waals surface area contributed by atoms with Gasteiger partial charge in [0.1, 0.15) is 17.9 Å². The quantitative estimate of drug-likeness (QED) is 0.737. The second-order valence-corrected chi connectivity index (χ2v) is 8.50. The molecule has 1 fully saturated rings. The first-order valence-electron chi connectivity index (χ1n) is 10.9. The van der Waals surface area contributed by atoms with Gasteiger partial charge in [0.05, 0.1) is 12.5 Å². The highest BCUT2D eigenvalue weighted by atomic mass is 16.5. The maximum atomic E-state index is 14.0. The number of nitrogens with one attached hydrogen (secondary N) is 1. The Morgan fingerprint density at radius 2 is 2.12 bits per heavy atom. The number of rotatable bonds is 6. The molecule has 1 N–H and O–H groups in total. The van der Waals surface area contributed by atoms with E-state index in [0.717, 1.165) is 18.4 Å². The highest BCUT2D eigenvalue weighted by Gasteiger charge is 2.48. The number of aliphatic imine (C=N–C) groups is 1. The van der Waals surface area contributed by atoms with Crippen molar-refractivity contribution < 1.29 is 19.1 Å². The minimum absolute atomic E-state index is 0.0130. The van der Waals surface area contributed by atoms with E-state index in [0.29, 0.717) is 24.7 Å². The number of nitrogens with zero attached hydrogens (tertiary/aromatic N) is 3. The van der Waals surface area contributed by atoms with Crippen LogP contribution in [-0.4, -0.2) is 59.8 Å². The average Bonchev–Trinajstić information content (AvgIpc) is 3.30. The second kappa shape index (κ2) is 9.08. The number of carbonyl (C=O) groups is 3. The van der Waals surface area contributed by atoms with E-state index in [1.807, 2.05) is 31.2 Å². The van der Waals surface area contributed by atoms with Gasteiger partial charge in [-0.15, -0.1) is 0 Å². The molecule has 1 aromatic rings. The molecule has 4 rings (SSSR count). The maximum absolute atomic E-state index is 14.0. The topological polar surface area (TPSA) is 91.3 Å². The normalized spacial score (nSPS) is 24.2. The molecule has 0 spiro atoms. The van der Waals surface area contributed by atoms with E-state index in [1.165, 1.54) is 4.90 Å². The molecule has 3 aliphatic rings. The van der Waals surface area contributed by atoms with Crippen LogP contribution in [0.2, 0.25) is 0 Å². The van der Waals surface area contributed by atoms with E-state index in [1.54, 1.807) is 36.3 Å². The van der Waals surface area contributed by atoms with Crippen LogP contribution in [0.5, 0.6) is 0 Å². The lowest BCUT2D eigenvalue weighted by atomic mass is 9.90. The Morgan fingerprint density at radius 1 is 1.31 bits per heavy atom. The molecule has 1 aromatic carbocycles. The molecule has 2 atom stereocenters. The lowest BCUT2D eigenvalue weighted by Crippen LogP contribution is -2.62. The van der Waals surface area contributed by atoms with E-state index in [4.69, 9.17) is 4.74 Å². The van der Waals surface area contributed by atoms with Crippen LogP contribution in [0.15, 0.2) is 53.7 Å². The van der Waals surface area contributed by atoms with Gasteiger partial charge in [-0.1, -0.05) is 24.3 Å². The van der Waals surface area contributed by atoms with Gasteiger partial charge >= 0.3 is 0 Å². The molecule has 8 heteroatoms. The van der Waals surface area contributed by atoms with Gasteiger partial charge in [-0.25, -0.2) is 0 Å². The third kappa shape index (κ3) is 4.36. The van der Waals surface area contributed by atoms with Crippen molar-refractivity contribution in [3.8, 4) is 0 Å². The van der Waals surface area contributed by atoms with Crippen molar-refractivity contribution in [2.24, 2.45) is 4.99 Å². The number of fused-ring (bicyclic) bond motifs is 1. The predicted molar refractivity (Wildman–Crippen MR) is 121 cm³/mol. The molecular weight excluding hydrogens is 408 g/mol. The van der Waals surface area contributed by atoms with Crippen LogP contribution in [0, 0.1) is 6.92 Å². The van der Waals surface area contributed by atoms with Gasteiger partial charge in [0.2, 0.25) is 5.91 Å². The summed E-state index contributed by atoms with van der Waals surface area (Å²) in [5, 5.41) is 2.89. The third-order valence-corrected chi connectivity index (χ3v) is 6.07. The summed E-state index contributed by atoms with van der Waals surface area (Å²) in [7, 11) is 0. The summed E-state index contributed by atoms with van der Waals surface area (Å²) in [5.41, 5.74) is 0.299. The third-order valence-electron chi connectivity index (χ3n) is 6.07. The number of para-hydroxylation sites is 1. The number of anilines is 1. The van der Waals surface area contributed by atoms with Crippen LogP contribution in [-0.2, 0) is 19.1 Å². The van der Waals surface area contributed by atoms with Crippen molar-refractivity contribution in [2.45, 2.75) is 44.8 Å². The van der Waals surface area contributed by atoms with Gasteiger partial charge in [0, 0.05) is 25.0 Å². The van der Waals surface area contributed by atoms with E-state index in [2.05, 4.69) is 10.3 Å². The Labute approximate surface area is 187 Å². The van der Waals surface area contributed by atoms with Gasteiger partial charge in [-0.2, -0.15) is 4.99 Å². The van der Waals surface area contributed by atoms with Gasteiger partial charge in [-0.3, -0.25) is 14.4 Å². The Balaban J connectivity index is 1.61. The SMILES string of the molecule is Cc1ccccc1N(CC(=O)NC[C@@H]1CCCO1)C(=O)[C@@]1(C)CC(=O)N=C2C=CC=CN21. The largest absolute Gasteiger partial charge is 0.376 e. The fourth-order valence-corrected chi connectivity index (χ4v) is 4.32. The van der Waals surface area contributed by atoms with Crippen molar-refractivity contribution in [2.75, 3.05) is 24.6 Å². The molecule has 0 saturated carbocycles. The van der Waals surface area contributed by atoms with E-state index >= 15 is 0 Å². The lowest BCUT2D eigenvalue weighted by Gasteiger charge is -2.44. The molecule has 0 aliphatic carbocycles. The minimum Gasteiger partial charge on any atom is -0.376 e. The summed E-state index contributed by atoms with van der Waals surface area (Å²) in [5.74, 6) is -0.544. The molecule has 3 heterocycles. The monoisotopic (exact) mass is 436 g/mol. The summed E-state index contributed by atoms with van der Waals surface area (Å²) >= 11 is 0. The van der Waals surface area contributed by atoms with Gasteiger partial charge < -0.3 is 19.9 Å². The summed E-state index contributed by atoms with van der Waals surface area (Å²) in [4.78, 5) is 46.5. The Bertz CT molecular complexity index is 1010. The number of amides is 3. The van der Waals surface area contributed by atoms with Crippen molar-refractivity contribution in [3.05, 3.63) is 54.3 Å². The Hall–Kier alpha value is -3.26. The van der Waals surface area contributed by atoms with Crippen LogP contribution in [0.3, 0.4) is 0 Å². The number of aryl methyl sites for hydroxylation is 1. The fraction of sp³-hybridized carbons (Fsp3) is 0.417. The van der Waals surface area contributed by atoms with Gasteiger partial charge in [0.15, 0.2) is 0 Å². The Kier molecular flexibility index (Phi) is 6.23. The summed E-state index contributed by atoms with van der Waals surface area (Å²) in [6, 6.07) is 7.42. The molecule has 1 saturated heterocycles. The molecule has 0 unspecified atom stereocenters. The first-order valence-corrected chi connectivity index (χ1v) is 10.9. The first-order chi connectivity index (χ1) is 15.4. The zero-order valence-electron chi connectivity index (χ0n) is 18.4. The van der Waals surface area contributed by atoms with E-state index in [-0.39, 0.29) is 36.8 Å². The number of benzene rings is 1. The summed E-state index contributed by atoms with van der Waals surface area (Å²) in [6.45, 7) is 4.59. The molecule has 32 heavy (non-hydrogen) atoms. The number of ether oxygens (including phenoxy) is 1. The number of hydrogen-bond donors (Lipinski definition) is 1. The maximum Gasteiger partial charge on any atom is 0.254 e. The summed E-state index contributed by atoms with van der Waals surface area (Å²) < 4.78 is 5.58. The second-order valence-electron chi connectivity index (χ2n) is 8.50. The zero-order chi connectivity index (χ0) is 22.7. The van der Waals surface area contributed by atoms with Crippen molar-refractivity contribution in [1.29, 1.82) is 0 Å². The van der Waals surface area contributed by atoms with Crippen LogP contribution >= 0.6 is 0 Å². The number of amidine groups is 1. The van der Waals surface area contributed by atoms with Crippen molar-refractivity contribution in [1.82, 2.24) is 10.2 Å². The molecule has 168 valence electrons. The molecule has 0 bridgehead atoms. The number of carbonyl (C=O) groups excluding carboxylic acids is 3. The minimum atomic E-state index is -1.20. The smallest absolute Gasteiger partial charge is 0.254 e. The molecule has 3 amide bonds. The molecular formula is C24H28N4O4. The number of hydrogen-bond acceptors (Lipinski definition) is 5. The van der Waals surface area contributed by atoms with Crippen LogP contribution in [0.4, 0.5) is 5.69 Å². The first kappa shape index (κ1) is 22.0. The summed E-state index contributed by atoms with van der Waals surface area (Å²) in [6.07, 6.45) is 8.86. The van der Waals surface area contributed by atoms with E-state index in [9.17, 15) is 14.4 Å². The number of allylic oxidation sites excluding steroid dienone is 2. The standard InChI is InChI=1S/C24H28N4O4/c1-17-8-3-4-10-19(17)27(16-22(30)25-15-18-9-7-13-32-18)23(31)24(2)14-21(29)26-20-11-5-6-12-28(20)24/h3-6,8,10-12,18H,7,9,13-16H2,1-2H3,(H,25,30)/t18-,24+/m0/s1. The molecule has 3 aliphatic heterocycles. The van der Waals surface area contributed by atoms with Crippen LogP contribution in [0.25, 0.3) is 0 Å². The Morgan fingerprint density at radius 3 is 2.88 bits per heavy atom. The van der Waals surface area contributed by atoms with Crippen LogP contribution in [0.1, 0.15) is 31.7 Å².